The number of halogens is 1. The highest BCUT2D eigenvalue weighted by molar-refractivity contribution is 14.1. The van der Waals surface area contributed by atoms with E-state index in [0.717, 1.165) is 21.0 Å². The van der Waals surface area contributed by atoms with Crippen LogP contribution in [0, 0.1) is 24.3 Å². The van der Waals surface area contributed by atoms with Crippen molar-refractivity contribution in [2.45, 2.75) is 37.1 Å². The summed E-state index contributed by atoms with van der Waals surface area (Å²) in [4.78, 5) is 17.3. The molecule has 0 fully saturated rings. The Labute approximate surface area is 158 Å². The lowest BCUT2D eigenvalue weighted by atomic mass is 10.2. The van der Waals surface area contributed by atoms with Crippen LogP contribution < -0.4 is 5.56 Å². The number of hydrogen-bond acceptors (Lipinski definition) is 4. The first-order chi connectivity index (χ1) is 11.4. The third-order valence-electron chi connectivity index (χ3n) is 3.63. The average Bonchev–Trinajstić information content (AvgIpc) is 3.00. The monoisotopic (exact) mass is 452 g/mol. The number of hydrogen-bond donors (Lipinski definition) is 1. The second-order valence-electron chi connectivity index (χ2n) is 5.73. The van der Waals surface area contributed by atoms with Gasteiger partial charge in [0, 0.05) is 27.2 Å². The summed E-state index contributed by atoms with van der Waals surface area (Å²) in [5.74, 6) is 0. The number of aromatic nitrogens is 4. The van der Waals surface area contributed by atoms with Gasteiger partial charge in [-0.05, 0) is 66.6 Å². The normalized spacial score (nSPS) is 11.0. The Hall–Kier alpha value is -1.61. The van der Waals surface area contributed by atoms with Crippen LogP contribution >= 0.6 is 34.4 Å². The van der Waals surface area contributed by atoms with Crippen molar-refractivity contribution >= 4 is 34.4 Å². The van der Waals surface area contributed by atoms with Crippen molar-refractivity contribution in [3.8, 4) is 0 Å². The third-order valence-corrected chi connectivity index (χ3v) is 6.15. The van der Waals surface area contributed by atoms with Crippen molar-refractivity contribution in [2.24, 2.45) is 0 Å². The van der Waals surface area contributed by atoms with Crippen molar-refractivity contribution in [1.29, 1.82) is 0 Å². The van der Waals surface area contributed by atoms with Crippen LogP contribution in [0.15, 0.2) is 45.2 Å². The average molecular weight is 452 g/mol. The van der Waals surface area contributed by atoms with Crippen LogP contribution in [0.5, 0.6) is 0 Å². The van der Waals surface area contributed by atoms with E-state index in [4.69, 9.17) is 0 Å². The van der Waals surface area contributed by atoms with Crippen LogP contribution in [0.3, 0.4) is 0 Å². The first-order valence-electron chi connectivity index (χ1n) is 7.45. The van der Waals surface area contributed by atoms with Crippen LogP contribution in [-0.2, 0) is 6.54 Å². The SMILES string of the molecule is Cc1cc(C)cc(Sc2c(Cn3ccnn3)c(C)[nH]c(=O)c2I)c1. The smallest absolute Gasteiger partial charge is 0.262 e. The first kappa shape index (κ1) is 17.2. The predicted octanol–water partition coefficient (Wildman–Crippen LogP) is 3.70. The summed E-state index contributed by atoms with van der Waals surface area (Å²) in [5.41, 5.74) is 4.30. The lowest BCUT2D eigenvalue weighted by Crippen LogP contribution is -2.17. The van der Waals surface area contributed by atoms with Crippen molar-refractivity contribution in [3.63, 3.8) is 0 Å². The Kier molecular flexibility index (Phi) is 5.09. The van der Waals surface area contributed by atoms with Crippen molar-refractivity contribution in [1.82, 2.24) is 20.0 Å². The van der Waals surface area contributed by atoms with E-state index in [0.29, 0.717) is 10.1 Å². The molecule has 2 heterocycles. The van der Waals surface area contributed by atoms with Gasteiger partial charge in [-0.2, -0.15) is 0 Å². The molecule has 0 amide bonds. The topological polar surface area (TPSA) is 63.6 Å². The zero-order valence-electron chi connectivity index (χ0n) is 13.6. The molecule has 3 rings (SSSR count). The van der Waals surface area contributed by atoms with Gasteiger partial charge in [-0.1, -0.05) is 23.0 Å². The molecule has 0 spiro atoms. The van der Waals surface area contributed by atoms with Gasteiger partial charge in [0.2, 0.25) is 0 Å². The number of H-pyrrole nitrogens is 1. The lowest BCUT2D eigenvalue weighted by molar-refractivity contribution is 0.636. The Morgan fingerprint density at radius 1 is 1.21 bits per heavy atom. The van der Waals surface area contributed by atoms with Gasteiger partial charge >= 0.3 is 0 Å². The fourth-order valence-corrected chi connectivity index (χ4v) is 4.63. The van der Waals surface area contributed by atoms with Crippen LogP contribution in [0.2, 0.25) is 0 Å². The van der Waals surface area contributed by atoms with E-state index in [1.807, 2.05) is 13.1 Å². The molecule has 5 nitrogen and oxygen atoms in total. The van der Waals surface area contributed by atoms with Crippen molar-refractivity contribution in [3.05, 3.63) is 66.9 Å². The molecular weight excluding hydrogens is 435 g/mol. The highest BCUT2D eigenvalue weighted by Crippen LogP contribution is 2.35. The van der Waals surface area contributed by atoms with Crippen LogP contribution in [-0.4, -0.2) is 20.0 Å². The summed E-state index contributed by atoms with van der Waals surface area (Å²) in [6.07, 6.45) is 3.48. The minimum absolute atomic E-state index is 0.0534. The number of nitrogens with one attached hydrogen (secondary N) is 1. The van der Waals surface area contributed by atoms with Crippen LogP contribution in [0.4, 0.5) is 0 Å². The molecule has 0 atom stereocenters. The summed E-state index contributed by atoms with van der Waals surface area (Å²) in [5, 5.41) is 7.90. The number of aryl methyl sites for hydroxylation is 3. The summed E-state index contributed by atoms with van der Waals surface area (Å²) in [6, 6.07) is 6.43. The van der Waals surface area contributed by atoms with Gasteiger partial charge in [0.15, 0.2) is 0 Å². The number of rotatable bonds is 4. The van der Waals surface area contributed by atoms with Gasteiger partial charge < -0.3 is 4.98 Å². The van der Waals surface area contributed by atoms with Gasteiger partial charge in [0.1, 0.15) is 0 Å². The van der Waals surface area contributed by atoms with Crippen LogP contribution in [0.1, 0.15) is 22.4 Å². The van der Waals surface area contributed by atoms with E-state index in [1.54, 1.807) is 22.6 Å². The molecule has 3 aromatic rings. The Balaban J connectivity index is 2.09. The molecule has 0 aliphatic heterocycles. The molecule has 0 saturated heterocycles. The molecule has 0 unspecified atom stereocenters. The lowest BCUT2D eigenvalue weighted by Gasteiger charge is -2.14. The highest BCUT2D eigenvalue weighted by Gasteiger charge is 2.16. The largest absolute Gasteiger partial charge is 0.325 e. The maximum atomic E-state index is 12.2. The number of nitrogens with zero attached hydrogens (tertiary/aromatic N) is 3. The molecule has 1 aromatic carbocycles. The van der Waals surface area contributed by atoms with E-state index >= 15 is 0 Å². The molecule has 24 heavy (non-hydrogen) atoms. The summed E-state index contributed by atoms with van der Waals surface area (Å²) >= 11 is 3.75. The summed E-state index contributed by atoms with van der Waals surface area (Å²) in [7, 11) is 0. The van der Waals surface area contributed by atoms with E-state index in [2.05, 4.69) is 69.9 Å². The molecule has 0 aliphatic rings. The second kappa shape index (κ2) is 7.10. The maximum Gasteiger partial charge on any atom is 0.262 e. The van der Waals surface area contributed by atoms with E-state index in [-0.39, 0.29) is 5.56 Å². The molecule has 2 aromatic heterocycles. The molecule has 0 saturated carbocycles. The third kappa shape index (κ3) is 3.72. The van der Waals surface area contributed by atoms with Gasteiger partial charge in [0.25, 0.3) is 5.56 Å². The Morgan fingerprint density at radius 2 is 1.92 bits per heavy atom. The Morgan fingerprint density at radius 3 is 2.54 bits per heavy atom. The minimum atomic E-state index is -0.0534. The molecule has 124 valence electrons. The second-order valence-corrected chi connectivity index (χ2v) is 7.89. The molecule has 7 heteroatoms. The van der Waals surface area contributed by atoms with E-state index in [9.17, 15) is 4.79 Å². The number of benzene rings is 1. The molecule has 0 aliphatic carbocycles. The molecule has 0 bridgehead atoms. The van der Waals surface area contributed by atoms with E-state index < -0.39 is 0 Å². The van der Waals surface area contributed by atoms with Crippen molar-refractivity contribution < 1.29 is 0 Å². The zero-order chi connectivity index (χ0) is 17.3. The van der Waals surface area contributed by atoms with Crippen molar-refractivity contribution in [2.75, 3.05) is 0 Å². The zero-order valence-corrected chi connectivity index (χ0v) is 16.6. The first-order valence-corrected chi connectivity index (χ1v) is 9.35. The molecular formula is C17H17IN4OS. The fraction of sp³-hybridized carbons (Fsp3) is 0.235. The van der Waals surface area contributed by atoms with E-state index in [1.165, 1.54) is 11.1 Å². The van der Waals surface area contributed by atoms with Gasteiger partial charge in [-0.3, -0.25) is 4.79 Å². The Bertz CT molecular complexity index is 914. The quantitative estimate of drug-likeness (QED) is 0.614. The predicted molar refractivity (Wildman–Crippen MR) is 104 cm³/mol. The van der Waals surface area contributed by atoms with Crippen LogP contribution in [0.25, 0.3) is 0 Å². The number of aromatic amines is 1. The number of pyridine rings is 1. The fourth-order valence-electron chi connectivity index (χ4n) is 2.59. The van der Waals surface area contributed by atoms with Gasteiger partial charge in [0.05, 0.1) is 16.3 Å². The molecule has 0 radical (unpaired) electrons. The summed E-state index contributed by atoms with van der Waals surface area (Å²) < 4.78 is 2.47. The summed E-state index contributed by atoms with van der Waals surface area (Å²) in [6.45, 7) is 6.67. The molecule has 1 N–H and O–H groups in total. The highest BCUT2D eigenvalue weighted by atomic mass is 127. The van der Waals surface area contributed by atoms with Gasteiger partial charge in [-0.25, -0.2) is 4.68 Å². The maximum absolute atomic E-state index is 12.2. The standard InChI is InChI=1S/C17H17IN4OS/c1-10-6-11(2)8-13(7-10)24-16-14(9-22-5-4-19-21-22)12(3)20-17(23)15(16)18/h4-8H,9H2,1-3H3,(H,20,23). The van der Waals surface area contributed by atoms with Gasteiger partial charge in [-0.15, -0.1) is 5.10 Å². The minimum Gasteiger partial charge on any atom is -0.325 e.